The summed E-state index contributed by atoms with van der Waals surface area (Å²) in [5.74, 6) is 0.468. The number of carbonyl (C=O) groups excluding carboxylic acids is 1. The van der Waals surface area contributed by atoms with Crippen LogP contribution in [0.15, 0.2) is 60.9 Å². The zero-order valence-electron chi connectivity index (χ0n) is 16.3. The highest BCUT2D eigenvalue weighted by Gasteiger charge is 2.30. The summed E-state index contributed by atoms with van der Waals surface area (Å²) >= 11 is 0. The van der Waals surface area contributed by atoms with Gasteiger partial charge in [-0.15, -0.1) is 0 Å². The molecular weight excluding hydrogens is 367 g/mol. The number of aromatic nitrogens is 2. The van der Waals surface area contributed by atoms with Crippen LogP contribution in [0.1, 0.15) is 24.2 Å². The van der Waals surface area contributed by atoms with E-state index in [2.05, 4.69) is 20.2 Å². The van der Waals surface area contributed by atoms with Gasteiger partial charge in [-0.25, -0.2) is 14.4 Å². The molecule has 1 aliphatic rings. The van der Waals surface area contributed by atoms with Gasteiger partial charge in [-0.1, -0.05) is 24.3 Å². The number of rotatable bonds is 5. The molecule has 148 valence electrons. The Balaban J connectivity index is 1.45. The molecule has 1 aliphatic heterocycles. The molecule has 2 aromatic carbocycles. The van der Waals surface area contributed by atoms with E-state index in [-0.39, 0.29) is 17.8 Å². The highest BCUT2D eigenvalue weighted by Crippen LogP contribution is 2.25. The summed E-state index contributed by atoms with van der Waals surface area (Å²) in [5, 5.41) is 3.04. The average Bonchev–Trinajstić information content (AvgIpc) is 3.19. The maximum absolute atomic E-state index is 13.2. The van der Waals surface area contributed by atoms with Crippen LogP contribution in [-0.2, 0) is 11.3 Å². The maximum Gasteiger partial charge on any atom is 0.241 e. The van der Waals surface area contributed by atoms with Crippen LogP contribution in [0, 0.1) is 12.7 Å². The third-order valence-corrected chi connectivity index (χ3v) is 5.19. The Kier molecular flexibility index (Phi) is 5.62. The molecule has 2 heterocycles. The molecule has 0 radical (unpaired) electrons. The van der Waals surface area contributed by atoms with Crippen molar-refractivity contribution in [1.82, 2.24) is 14.9 Å². The van der Waals surface area contributed by atoms with Gasteiger partial charge < -0.3 is 5.32 Å². The molecule has 1 unspecified atom stereocenters. The lowest BCUT2D eigenvalue weighted by atomic mass is 10.0. The number of benzene rings is 2. The second-order valence-electron chi connectivity index (χ2n) is 7.34. The average molecular weight is 390 g/mol. The summed E-state index contributed by atoms with van der Waals surface area (Å²) in [6.07, 6.45) is 5.46. The molecule has 6 heteroatoms. The van der Waals surface area contributed by atoms with E-state index in [1.54, 1.807) is 12.1 Å². The van der Waals surface area contributed by atoms with Crippen LogP contribution in [-0.4, -0.2) is 33.4 Å². The highest BCUT2D eigenvalue weighted by atomic mass is 19.1. The zero-order valence-corrected chi connectivity index (χ0v) is 16.3. The molecule has 1 fully saturated rings. The molecule has 1 amide bonds. The lowest BCUT2D eigenvalue weighted by Gasteiger charge is -2.23. The summed E-state index contributed by atoms with van der Waals surface area (Å²) in [4.78, 5) is 23.6. The van der Waals surface area contributed by atoms with Crippen molar-refractivity contribution in [3.8, 4) is 11.1 Å². The fourth-order valence-corrected chi connectivity index (χ4v) is 3.69. The van der Waals surface area contributed by atoms with Crippen molar-refractivity contribution in [2.45, 2.75) is 32.4 Å². The van der Waals surface area contributed by atoms with Crippen molar-refractivity contribution in [3.05, 3.63) is 78.1 Å². The predicted molar refractivity (Wildman–Crippen MR) is 111 cm³/mol. The van der Waals surface area contributed by atoms with Gasteiger partial charge in [0.1, 0.15) is 11.6 Å². The van der Waals surface area contributed by atoms with E-state index in [0.717, 1.165) is 47.6 Å². The maximum atomic E-state index is 13.2. The molecule has 1 N–H and O–H groups in total. The van der Waals surface area contributed by atoms with Crippen LogP contribution in [0.25, 0.3) is 11.1 Å². The van der Waals surface area contributed by atoms with Gasteiger partial charge in [0, 0.05) is 30.2 Å². The first-order valence-corrected chi connectivity index (χ1v) is 9.77. The van der Waals surface area contributed by atoms with Crippen molar-refractivity contribution in [1.29, 1.82) is 0 Å². The first-order valence-electron chi connectivity index (χ1n) is 9.77. The normalized spacial score (nSPS) is 16.7. The molecule has 5 nitrogen and oxygen atoms in total. The van der Waals surface area contributed by atoms with Gasteiger partial charge in [-0.05, 0) is 61.7 Å². The van der Waals surface area contributed by atoms with E-state index in [1.165, 1.54) is 12.1 Å². The minimum absolute atomic E-state index is 0.00761. The molecule has 0 saturated carbocycles. The number of anilines is 1. The largest absolute Gasteiger partial charge is 0.325 e. The van der Waals surface area contributed by atoms with Crippen molar-refractivity contribution < 1.29 is 9.18 Å². The molecule has 3 aromatic rings. The van der Waals surface area contributed by atoms with Crippen LogP contribution in [0.5, 0.6) is 0 Å². The van der Waals surface area contributed by atoms with Crippen LogP contribution >= 0.6 is 0 Å². The molecule has 1 aromatic heterocycles. The van der Waals surface area contributed by atoms with Crippen molar-refractivity contribution in [3.63, 3.8) is 0 Å². The lowest BCUT2D eigenvalue weighted by molar-refractivity contribution is -0.120. The van der Waals surface area contributed by atoms with Crippen LogP contribution in [0.4, 0.5) is 10.1 Å². The number of likely N-dealkylation sites (tertiary alicyclic amines) is 1. The second kappa shape index (κ2) is 8.49. The SMILES string of the molecule is Cc1ncc(CN2CCCC2C(=O)Nc2cccc(-c3ccc(F)cc3)c2)cn1. The van der Waals surface area contributed by atoms with E-state index in [0.29, 0.717) is 6.54 Å². The molecule has 4 rings (SSSR count). The van der Waals surface area contributed by atoms with E-state index in [1.807, 2.05) is 43.6 Å². The molecular formula is C23H23FN4O. The molecule has 0 aliphatic carbocycles. The Morgan fingerprint density at radius 2 is 1.90 bits per heavy atom. The Morgan fingerprint density at radius 1 is 1.14 bits per heavy atom. The number of aryl methyl sites for hydroxylation is 1. The Hall–Kier alpha value is -3.12. The van der Waals surface area contributed by atoms with Crippen molar-refractivity contribution in [2.24, 2.45) is 0 Å². The second-order valence-corrected chi connectivity index (χ2v) is 7.34. The quantitative estimate of drug-likeness (QED) is 0.710. The zero-order chi connectivity index (χ0) is 20.2. The summed E-state index contributed by atoms with van der Waals surface area (Å²) < 4.78 is 13.2. The summed E-state index contributed by atoms with van der Waals surface area (Å²) in [7, 11) is 0. The third kappa shape index (κ3) is 4.66. The van der Waals surface area contributed by atoms with Crippen LogP contribution in [0.2, 0.25) is 0 Å². The molecule has 29 heavy (non-hydrogen) atoms. The third-order valence-electron chi connectivity index (χ3n) is 5.19. The smallest absolute Gasteiger partial charge is 0.241 e. The minimum atomic E-state index is -0.265. The summed E-state index contributed by atoms with van der Waals surface area (Å²) in [6, 6.07) is 13.8. The fourth-order valence-electron chi connectivity index (χ4n) is 3.69. The van der Waals surface area contributed by atoms with Gasteiger partial charge in [0.2, 0.25) is 5.91 Å². The first kappa shape index (κ1) is 19.2. The van der Waals surface area contributed by atoms with Crippen molar-refractivity contribution >= 4 is 11.6 Å². The Bertz CT molecular complexity index is 989. The number of carbonyl (C=O) groups is 1. The number of halogens is 1. The van der Waals surface area contributed by atoms with Gasteiger partial charge in [0.05, 0.1) is 6.04 Å². The van der Waals surface area contributed by atoms with Crippen LogP contribution in [0.3, 0.4) is 0 Å². The van der Waals surface area contributed by atoms with Gasteiger partial charge in [0.25, 0.3) is 0 Å². The first-order chi connectivity index (χ1) is 14.1. The number of amides is 1. The number of hydrogen-bond acceptors (Lipinski definition) is 4. The Labute approximate surface area is 169 Å². The lowest BCUT2D eigenvalue weighted by Crippen LogP contribution is -2.39. The standard InChI is InChI=1S/C23H23FN4O/c1-16-25-13-17(14-26-16)15-28-11-3-6-22(28)23(29)27-21-5-2-4-19(12-21)18-7-9-20(24)10-8-18/h2,4-5,7-10,12-14,22H,3,6,11,15H2,1H3,(H,27,29). The Morgan fingerprint density at radius 3 is 2.66 bits per heavy atom. The molecule has 1 saturated heterocycles. The number of hydrogen-bond donors (Lipinski definition) is 1. The van der Waals surface area contributed by atoms with Gasteiger partial charge in [-0.2, -0.15) is 0 Å². The molecule has 0 bridgehead atoms. The van der Waals surface area contributed by atoms with Gasteiger partial charge in [0.15, 0.2) is 0 Å². The van der Waals surface area contributed by atoms with Crippen molar-refractivity contribution in [2.75, 3.05) is 11.9 Å². The van der Waals surface area contributed by atoms with Gasteiger partial charge >= 0.3 is 0 Å². The predicted octanol–water partition coefficient (Wildman–Crippen LogP) is 4.19. The molecule has 0 spiro atoms. The van der Waals surface area contributed by atoms with E-state index < -0.39 is 0 Å². The summed E-state index contributed by atoms with van der Waals surface area (Å²) in [5.41, 5.74) is 3.59. The van der Waals surface area contributed by atoms with E-state index in [9.17, 15) is 9.18 Å². The summed E-state index contributed by atoms with van der Waals surface area (Å²) in [6.45, 7) is 3.39. The monoisotopic (exact) mass is 390 g/mol. The highest BCUT2D eigenvalue weighted by molar-refractivity contribution is 5.95. The topological polar surface area (TPSA) is 58.1 Å². The van der Waals surface area contributed by atoms with E-state index >= 15 is 0 Å². The number of nitrogens with zero attached hydrogens (tertiary/aromatic N) is 3. The minimum Gasteiger partial charge on any atom is -0.325 e. The molecule has 1 atom stereocenters. The fraction of sp³-hybridized carbons (Fsp3) is 0.261. The van der Waals surface area contributed by atoms with E-state index in [4.69, 9.17) is 0 Å². The van der Waals surface area contributed by atoms with Gasteiger partial charge in [-0.3, -0.25) is 9.69 Å². The number of nitrogens with one attached hydrogen (secondary N) is 1. The van der Waals surface area contributed by atoms with Crippen LogP contribution < -0.4 is 5.32 Å².